The first-order valence-corrected chi connectivity index (χ1v) is 7.50. The highest BCUT2D eigenvalue weighted by Crippen LogP contribution is 2.06. The second-order valence-electron chi connectivity index (χ2n) is 4.34. The minimum Gasteiger partial charge on any atom is -0.340 e. The number of rotatable bonds is 4. The summed E-state index contributed by atoms with van der Waals surface area (Å²) in [6, 6.07) is 1.80. The van der Waals surface area contributed by atoms with Gasteiger partial charge in [0.25, 0.3) is 10.2 Å². The van der Waals surface area contributed by atoms with E-state index in [1.165, 1.54) is 4.31 Å². The van der Waals surface area contributed by atoms with Crippen LogP contribution in [0.25, 0.3) is 0 Å². The zero-order chi connectivity index (χ0) is 13.9. The first-order chi connectivity index (χ1) is 8.97. The molecule has 2 heterocycles. The Bertz CT molecular complexity index is 519. The monoisotopic (exact) mass is 287 g/mol. The van der Waals surface area contributed by atoms with Crippen molar-refractivity contribution in [3.8, 4) is 0 Å². The molecule has 0 spiro atoms. The standard InChI is InChI=1S/C10H17N5O3S/c11-19(17,18)15-8-6-13(7-9-15)10(16)2-5-14-4-1-3-12-14/h1,3-4H,2,5-9H2,(H2,11,17,18). The smallest absolute Gasteiger partial charge is 0.277 e. The van der Waals surface area contributed by atoms with Gasteiger partial charge in [-0.15, -0.1) is 0 Å². The summed E-state index contributed by atoms with van der Waals surface area (Å²) in [5.74, 6) is 0.00423. The fourth-order valence-corrected chi connectivity index (χ4v) is 2.67. The molecule has 0 saturated carbocycles. The molecule has 1 aliphatic rings. The third-order valence-corrected chi connectivity index (χ3v) is 4.15. The molecule has 1 amide bonds. The average Bonchev–Trinajstić information content (AvgIpc) is 2.88. The largest absolute Gasteiger partial charge is 0.340 e. The van der Waals surface area contributed by atoms with Crippen LogP contribution < -0.4 is 5.14 Å². The minimum atomic E-state index is -3.64. The molecule has 0 radical (unpaired) electrons. The van der Waals surface area contributed by atoms with Crippen LogP contribution in [0.15, 0.2) is 18.5 Å². The zero-order valence-corrected chi connectivity index (χ0v) is 11.3. The van der Waals surface area contributed by atoms with Crippen molar-refractivity contribution in [1.29, 1.82) is 0 Å². The maximum atomic E-state index is 11.9. The van der Waals surface area contributed by atoms with Crippen LogP contribution in [-0.2, 0) is 21.5 Å². The highest BCUT2D eigenvalue weighted by molar-refractivity contribution is 7.86. The van der Waals surface area contributed by atoms with Crippen molar-refractivity contribution >= 4 is 16.1 Å². The van der Waals surface area contributed by atoms with Crippen molar-refractivity contribution in [1.82, 2.24) is 19.0 Å². The Morgan fingerprint density at radius 3 is 2.47 bits per heavy atom. The Kier molecular flexibility index (Phi) is 4.17. The predicted octanol–water partition coefficient (Wildman–Crippen LogP) is -1.38. The second-order valence-corrected chi connectivity index (χ2v) is 5.89. The Morgan fingerprint density at radius 1 is 1.26 bits per heavy atom. The number of amides is 1. The summed E-state index contributed by atoms with van der Waals surface area (Å²) < 4.78 is 25.1. The molecule has 0 atom stereocenters. The molecule has 2 N–H and O–H groups in total. The van der Waals surface area contributed by atoms with E-state index < -0.39 is 10.2 Å². The van der Waals surface area contributed by atoms with Crippen molar-refractivity contribution in [3.63, 3.8) is 0 Å². The summed E-state index contributed by atoms with van der Waals surface area (Å²) in [6.07, 6.45) is 3.82. The number of piperazine rings is 1. The lowest BCUT2D eigenvalue weighted by Crippen LogP contribution is -2.52. The maximum absolute atomic E-state index is 11.9. The maximum Gasteiger partial charge on any atom is 0.277 e. The third kappa shape index (κ3) is 3.75. The summed E-state index contributed by atoms with van der Waals surface area (Å²) in [5, 5.41) is 9.06. The first-order valence-electron chi connectivity index (χ1n) is 6.00. The number of aromatic nitrogens is 2. The van der Waals surface area contributed by atoms with Gasteiger partial charge in [0.15, 0.2) is 0 Å². The lowest BCUT2D eigenvalue weighted by molar-refractivity contribution is -0.132. The van der Waals surface area contributed by atoms with E-state index in [-0.39, 0.29) is 19.0 Å². The summed E-state index contributed by atoms with van der Waals surface area (Å²) in [4.78, 5) is 13.6. The zero-order valence-electron chi connectivity index (χ0n) is 10.5. The van der Waals surface area contributed by atoms with Crippen LogP contribution in [0.2, 0.25) is 0 Å². The molecule has 1 fully saturated rings. The SMILES string of the molecule is NS(=O)(=O)N1CCN(C(=O)CCn2cccn2)CC1. The number of hydrogen-bond acceptors (Lipinski definition) is 4. The number of carbonyl (C=O) groups is 1. The van der Waals surface area contributed by atoms with Gasteiger partial charge in [-0.25, -0.2) is 5.14 Å². The fraction of sp³-hybridized carbons (Fsp3) is 0.600. The molecule has 1 aliphatic heterocycles. The van der Waals surface area contributed by atoms with Crippen molar-refractivity contribution < 1.29 is 13.2 Å². The molecule has 0 aromatic carbocycles. The summed E-state index contributed by atoms with van der Waals surface area (Å²) in [6.45, 7) is 1.81. The highest BCUT2D eigenvalue weighted by atomic mass is 32.2. The minimum absolute atomic E-state index is 0.00423. The van der Waals surface area contributed by atoms with Crippen molar-refractivity contribution in [2.45, 2.75) is 13.0 Å². The van der Waals surface area contributed by atoms with E-state index in [2.05, 4.69) is 5.10 Å². The van der Waals surface area contributed by atoms with Gasteiger partial charge in [-0.05, 0) is 6.07 Å². The number of nitrogens with two attached hydrogens (primary N) is 1. The third-order valence-electron chi connectivity index (χ3n) is 3.07. The van der Waals surface area contributed by atoms with Gasteiger partial charge in [-0.2, -0.15) is 17.8 Å². The van der Waals surface area contributed by atoms with Crippen LogP contribution in [0.4, 0.5) is 0 Å². The van der Waals surface area contributed by atoms with E-state index in [9.17, 15) is 13.2 Å². The molecular formula is C10H17N5O3S. The van der Waals surface area contributed by atoms with Crippen LogP contribution in [0, 0.1) is 0 Å². The molecule has 106 valence electrons. The predicted molar refractivity (Wildman–Crippen MR) is 68.1 cm³/mol. The molecule has 9 heteroatoms. The van der Waals surface area contributed by atoms with Crippen LogP contribution in [0.1, 0.15) is 6.42 Å². The van der Waals surface area contributed by atoms with Crippen LogP contribution >= 0.6 is 0 Å². The van der Waals surface area contributed by atoms with Gasteiger partial charge in [0, 0.05) is 51.5 Å². The summed E-state index contributed by atoms with van der Waals surface area (Å²) in [5.41, 5.74) is 0. The Hall–Kier alpha value is -1.45. The van der Waals surface area contributed by atoms with E-state index in [0.717, 1.165) is 0 Å². The van der Waals surface area contributed by atoms with Gasteiger partial charge >= 0.3 is 0 Å². The number of carbonyl (C=O) groups excluding carboxylic acids is 1. The Labute approximate surface area is 112 Å². The van der Waals surface area contributed by atoms with Crippen molar-refractivity contribution in [2.75, 3.05) is 26.2 Å². The molecule has 2 rings (SSSR count). The molecule has 19 heavy (non-hydrogen) atoms. The molecule has 1 aromatic rings. The van der Waals surface area contributed by atoms with Gasteiger partial charge in [-0.1, -0.05) is 0 Å². The summed E-state index contributed by atoms with van der Waals surface area (Å²) in [7, 11) is -3.64. The first kappa shape index (κ1) is 14.0. The van der Waals surface area contributed by atoms with Crippen LogP contribution in [0.3, 0.4) is 0 Å². The molecule has 1 saturated heterocycles. The van der Waals surface area contributed by atoms with E-state index >= 15 is 0 Å². The number of hydrogen-bond donors (Lipinski definition) is 1. The van der Waals surface area contributed by atoms with E-state index in [1.54, 1.807) is 28.0 Å². The normalized spacial score (nSPS) is 17.6. The van der Waals surface area contributed by atoms with E-state index in [0.29, 0.717) is 26.1 Å². The average molecular weight is 287 g/mol. The van der Waals surface area contributed by atoms with Gasteiger partial charge in [0.2, 0.25) is 5.91 Å². The molecule has 1 aromatic heterocycles. The highest BCUT2D eigenvalue weighted by Gasteiger charge is 2.26. The van der Waals surface area contributed by atoms with Crippen LogP contribution in [0.5, 0.6) is 0 Å². The van der Waals surface area contributed by atoms with Gasteiger partial charge < -0.3 is 4.90 Å². The van der Waals surface area contributed by atoms with E-state index in [1.807, 2.05) is 0 Å². The Balaban J connectivity index is 1.79. The van der Waals surface area contributed by atoms with Crippen LogP contribution in [-0.4, -0.2) is 59.5 Å². The number of nitrogens with zero attached hydrogens (tertiary/aromatic N) is 4. The number of aryl methyl sites for hydroxylation is 1. The molecule has 8 nitrogen and oxygen atoms in total. The Morgan fingerprint density at radius 2 is 1.95 bits per heavy atom. The van der Waals surface area contributed by atoms with Gasteiger partial charge in [-0.3, -0.25) is 9.48 Å². The topological polar surface area (TPSA) is 102 Å². The quantitative estimate of drug-likeness (QED) is 0.737. The van der Waals surface area contributed by atoms with E-state index in [4.69, 9.17) is 5.14 Å². The summed E-state index contributed by atoms with van der Waals surface area (Å²) >= 11 is 0. The fourth-order valence-electron chi connectivity index (χ4n) is 1.99. The van der Waals surface area contributed by atoms with Crippen molar-refractivity contribution in [3.05, 3.63) is 18.5 Å². The molecule has 0 unspecified atom stereocenters. The lowest BCUT2D eigenvalue weighted by atomic mass is 10.3. The molecule has 0 aliphatic carbocycles. The molecule has 0 bridgehead atoms. The van der Waals surface area contributed by atoms with Gasteiger partial charge in [0.05, 0.1) is 0 Å². The van der Waals surface area contributed by atoms with Crippen molar-refractivity contribution in [2.24, 2.45) is 5.14 Å². The van der Waals surface area contributed by atoms with Gasteiger partial charge in [0.1, 0.15) is 0 Å². The lowest BCUT2D eigenvalue weighted by Gasteiger charge is -2.33. The second kappa shape index (κ2) is 5.68. The molecular weight excluding hydrogens is 270 g/mol.